The number of imidazole rings is 1. The van der Waals surface area contributed by atoms with E-state index in [0.29, 0.717) is 35.2 Å². The number of hydrogen-bond acceptors (Lipinski definition) is 5. The molecule has 3 heterocycles. The minimum atomic E-state index is -0.478. The molecular weight excluding hydrogens is 372 g/mol. The third-order valence-corrected chi connectivity index (χ3v) is 4.24. The molecule has 10 heteroatoms. The van der Waals surface area contributed by atoms with Gasteiger partial charge in [-0.25, -0.2) is 14.8 Å². The van der Waals surface area contributed by atoms with Crippen molar-refractivity contribution >= 4 is 28.7 Å². The molecule has 0 aliphatic heterocycles. The van der Waals surface area contributed by atoms with E-state index in [9.17, 15) is 14.4 Å². The van der Waals surface area contributed by atoms with Crippen LogP contribution in [0.3, 0.4) is 0 Å². The van der Waals surface area contributed by atoms with Gasteiger partial charge in [0.1, 0.15) is 16.5 Å². The van der Waals surface area contributed by atoms with Crippen molar-refractivity contribution in [3.05, 3.63) is 44.3 Å². The molecule has 0 spiro atoms. The van der Waals surface area contributed by atoms with Crippen molar-refractivity contribution in [2.75, 3.05) is 6.54 Å². The molecule has 3 rings (SSSR count). The lowest BCUT2D eigenvalue weighted by Gasteiger charge is -2.10. The number of aromatic amines is 1. The van der Waals surface area contributed by atoms with E-state index < -0.39 is 11.2 Å². The average Bonchev–Trinajstić information content (AvgIpc) is 3.07. The zero-order valence-corrected chi connectivity index (χ0v) is 15.7. The highest BCUT2D eigenvalue weighted by Crippen LogP contribution is 2.19. The van der Waals surface area contributed by atoms with Gasteiger partial charge >= 0.3 is 5.69 Å². The predicted molar refractivity (Wildman–Crippen MR) is 102 cm³/mol. The van der Waals surface area contributed by atoms with E-state index in [0.717, 1.165) is 4.57 Å². The summed E-state index contributed by atoms with van der Waals surface area (Å²) >= 11 is 5.81. The van der Waals surface area contributed by atoms with Crippen LogP contribution in [0, 0.1) is 0 Å². The Hall–Kier alpha value is -2.94. The van der Waals surface area contributed by atoms with Crippen LogP contribution in [0.5, 0.6) is 0 Å². The van der Waals surface area contributed by atoms with Crippen molar-refractivity contribution < 1.29 is 4.79 Å². The topological polar surface area (TPSA) is 115 Å². The Morgan fingerprint density at radius 2 is 2.04 bits per heavy atom. The number of H-pyrrole nitrogens is 1. The highest BCUT2D eigenvalue weighted by atomic mass is 35.5. The number of nitrogens with one attached hydrogen (secondary N) is 2. The van der Waals surface area contributed by atoms with E-state index in [1.807, 2.05) is 6.92 Å². The molecule has 9 nitrogen and oxygen atoms in total. The van der Waals surface area contributed by atoms with Crippen molar-refractivity contribution in [1.29, 1.82) is 0 Å². The summed E-state index contributed by atoms with van der Waals surface area (Å²) in [7, 11) is 0. The molecule has 2 N–H and O–H groups in total. The number of fused-ring (bicyclic) bond motifs is 1. The van der Waals surface area contributed by atoms with Crippen LogP contribution in [0.4, 0.5) is 0 Å². The monoisotopic (exact) mass is 390 g/mol. The van der Waals surface area contributed by atoms with Crippen LogP contribution < -0.4 is 16.6 Å². The molecule has 27 heavy (non-hydrogen) atoms. The molecule has 0 atom stereocenters. The zero-order chi connectivity index (χ0) is 19.6. The normalized spacial score (nSPS) is 11.1. The van der Waals surface area contributed by atoms with Crippen LogP contribution in [0.15, 0.2) is 27.9 Å². The van der Waals surface area contributed by atoms with Crippen molar-refractivity contribution in [3.8, 4) is 11.4 Å². The van der Waals surface area contributed by atoms with Gasteiger partial charge in [-0.05, 0) is 18.6 Å². The SMILES string of the molecule is CCCn1c(=O)n(CCNC(C)=O)c(=O)c2[nH]c(-c3ccc(Cl)nc3)nc21. The van der Waals surface area contributed by atoms with Crippen LogP contribution in [0.2, 0.25) is 5.15 Å². The molecule has 0 aliphatic carbocycles. The van der Waals surface area contributed by atoms with Gasteiger partial charge in [0, 0.05) is 38.3 Å². The number of hydrogen-bond donors (Lipinski definition) is 2. The summed E-state index contributed by atoms with van der Waals surface area (Å²) in [6.07, 6.45) is 2.24. The molecule has 0 fully saturated rings. The quantitative estimate of drug-likeness (QED) is 0.612. The van der Waals surface area contributed by atoms with Crippen LogP contribution in [-0.2, 0) is 17.9 Å². The number of halogens is 1. The summed E-state index contributed by atoms with van der Waals surface area (Å²) < 4.78 is 2.57. The lowest BCUT2D eigenvalue weighted by Crippen LogP contribution is -2.42. The molecule has 0 unspecified atom stereocenters. The van der Waals surface area contributed by atoms with Gasteiger partial charge in [0.05, 0.1) is 0 Å². The molecule has 0 bridgehead atoms. The number of carbonyl (C=O) groups excluding carboxylic acids is 1. The van der Waals surface area contributed by atoms with Crippen molar-refractivity contribution in [3.63, 3.8) is 0 Å². The average molecular weight is 391 g/mol. The summed E-state index contributed by atoms with van der Waals surface area (Å²) in [4.78, 5) is 48.1. The predicted octanol–water partition coefficient (Wildman–Crippen LogP) is 1.15. The standard InChI is InChI=1S/C17H19ClN6O3/c1-3-7-23-15-13(16(26)24(17(23)27)8-6-19-10(2)25)21-14(22-15)11-4-5-12(18)20-9-11/h4-5,9H,3,6-8H2,1-2H3,(H,19,25)(H,21,22). The number of carbonyl (C=O) groups is 1. The van der Waals surface area contributed by atoms with E-state index in [2.05, 4.69) is 20.3 Å². The van der Waals surface area contributed by atoms with Crippen LogP contribution >= 0.6 is 11.6 Å². The van der Waals surface area contributed by atoms with Gasteiger partial charge in [0.25, 0.3) is 5.56 Å². The Labute approximate surface area is 159 Å². The third-order valence-electron chi connectivity index (χ3n) is 4.02. The summed E-state index contributed by atoms with van der Waals surface area (Å²) in [5, 5.41) is 2.94. The molecular formula is C17H19ClN6O3. The Morgan fingerprint density at radius 1 is 1.26 bits per heavy atom. The molecule has 3 aromatic rings. The Morgan fingerprint density at radius 3 is 2.67 bits per heavy atom. The lowest BCUT2D eigenvalue weighted by atomic mass is 10.3. The Bertz CT molecular complexity index is 1100. The highest BCUT2D eigenvalue weighted by Gasteiger charge is 2.17. The first-order chi connectivity index (χ1) is 12.9. The van der Waals surface area contributed by atoms with Gasteiger partial charge in [-0.2, -0.15) is 0 Å². The molecule has 3 aromatic heterocycles. The van der Waals surface area contributed by atoms with Gasteiger partial charge in [0.15, 0.2) is 5.65 Å². The maximum atomic E-state index is 12.8. The third kappa shape index (κ3) is 3.77. The largest absolute Gasteiger partial charge is 0.355 e. The second kappa shape index (κ2) is 7.75. The first kappa shape index (κ1) is 18.8. The summed E-state index contributed by atoms with van der Waals surface area (Å²) in [5.74, 6) is 0.201. The van der Waals surface area contributed by atoms with Crippen molar-refractivity contribution in [1.82, 2.24) is 29.4 Å². The van der Waals surface area contributed by atoms with E-state index >= 15 is 0 Å². The van der Waals surface area contributed by atoms with Gasteiger partial charge in [-0.1, -0.05) is 18.5 Å². The van der Waals surface area contributed by atoms with Crippen molar-refractivity contribution in [2.45, 2.75) is 33.4 Å². The fraction of sp³-hybridized carbons (Fsp3) is 0.353. The van der Waals surface area contributed by atoms with Gasteiger partial charge in [0.2, 0.25) is 5.91 Å². The smallest absolute Gasteiger partial charge is 0.332 e. The number of pyridine rings is 1. The minimum absolute atomic E-state index is 0.0771. The van der Waals surface area contributed by atoms with E-state index in [4.69, 9.17) is 11.6 Å². The fourth-order valence-electron chi connectivity index (χ4n) is 2.79. The fourth-order valence-corrected chi connectivity index (χ4v) is 2.90. The molecule has 0 saturated carbocycles. The van der Waals surface area contributed by atoms with E-state index in [1.165, 1.54) is 17.7 Å². The number of aryl methyl sites for hydroxylation is 1. The minimum Gasteiger partial charge on any atom is -0.355 e. The molecule has 0 aliphatic rings. The Balaban J connectivity index is 2.15. The Kier molecular flexibility index (Phi) is 5.41. The van der Waals surface area contributed by atoms with Gasteiger partial charge in [-0.3, -0.25) is 18.7 Å². The van der Waals surface area contributed by atoms with Gasteiger partial charge in [-0.15, -0.1) is 0 Å². The maximum absolute atomic E-state index is 12.8. The summed E-state index contributed by atoms with van der Waals surface area (Å²) in [5.41, 5.74) is 0.249. The van der Waals surface area contributed by atoms with Crippen molar-refractivity contribution in [2.24, 2.45) is 0 Å². The maximum Gasteiger partial charge on any atom is 0.332 e. The second-order valence-electron chi connectivity index (χ2n) is 6.03. The molecule has 0 aromatic carbocycles. The van der Waals surface area contributed by atoms with E-state index in [1.54, 1.807) is 12.1 Å². The summed E-state index contributed by atoms with van der Waals surface area (Å²) in [6.45, 7) is 3.99. The number of rotatable bonds is 6. The van der Waals surface area contributed by atoms with Crippen LogP contribution in [0.25, 0.3) is 22.6 Å². The van der Waals surface area contributed by atoms with Crippen LogP contribution in [0.1, 0.15) is 20.3 Å². The zero-order valence-electron chi connectivity index (χ0n) is 15.0. The number of aromatic nitrogens is 5. The molecule has 1 amide bonds. The summed E-state index contributed by atoms with van der Waals surface area (Å²) in [6, 6.07) is 3.35. The molecule has 0 radical (unpaired) electrons. The van der Waals surface area contributed by atoms with Crippen LogP contribution in [-0.4, -0.2) is 36.5 Å². The lowest BCUT2D eigenvalue weighted by molar-refractivity contribution is -0.118. The first-order valence-corrected chi connectivity index (χ1v) is 8.90. The molecule has 142 valence electrons. The number of amides is 1. The van der Waals surface area contributed by atoms with Gasteiger partial charge < -0.3 is 10.3 Å². The molecule has 0 saturated heterocycles. The first-order valence-electron chi connectivity index (χ1n) is 8.52. The van der Waals surface area contributed by atoms with E-state index in [-0.39, 0.29) is 24.5 Å². The second-order valence-corrected chi connectivity index (χ2v) is 6.41. The highest BCUT2D eigenvalue weighted by molar-refractivity contribution is 6.29. The number of nitrogens with zero attached hydrogens (tertiary/aromatic N) is 4.